The second-order valence-electron chi connectivity index (χ2n) is 7.11. The number of hydrogen-bond donors (Lipinski definition) is 1. The van der Waals surface area contributed by atoms with E-state index in [0.717, 1.165) is 5.56 Å². The number of hydrogen-bond acceptors (Lipinski definition) is 4. The molecule has 0 spiro atoms. The standard InChI is InChI=1S/C20H25N3O3S/c1-15(2)16-6-8-18(9-7-16)27(25,26)23-13-10-17(11-14-23)20(24)22-19-5-3-4-12-21-19/h3-9,12,15,17H,10-11,13-14H2,1-2H3,(H,21,22,24). The summed E-state index contributed by atoms with van der Waals surface area (Å²) in [5, 5.41) is 2.80. The number of pyridine rings is 1. The van der Waals surface area contributed by atoms with Crippen LogP contribution < -0.4 is 5.32 Å². The molecular formula is C20H25N3O3S. The predicted molar refractivity (Wildman–Crippen MR) is 105 cm³/mol. The Balaban J connectivity index is 1.61. The van der Waals surface area contributed by atoms with Crippen molar-refractivity contribution in [2.24, 2.45) is 5.92 Å². The molecule has 1 saturated heterocycles. The number of aromatic nitrogens is 1. The van der Waals surface area contributed by atoms with E-state index in [1.54, 1.807) is 30.5 Å². The largest absolute Gasteiger partial charge is 0.310 e. The first-order valence-corrected chi connectivity index (χ1v) is 10.6. The Morgan fingerprint density at radius 3 is 2.33 bits per heavy atom. The first kappa shape index (κ1) is 19.5. The van der Waals surface area contributed by atoms with E-state index in [1.807, 2.05) is 18.2 Å². The van der Waals surface area contributed by atoms with Gasteiger partial charge in [0.05, 0.1) is 4.90 Å². The molecule has 2 heterocycles. The average molecular weight is 388 g/mol. The lowest BCUT2D eigenvalue weighted by Crippen LogP contribution is -2.41. The summed E-state index contributed by atoms with van der Waals surface area (Å²) in [5.41, 5.74) is 1.11. The van der Waals surface area contributed by atoms with Crippen LogP contribution in [-0.2, 0) is 14.8 Å². The first-order valence-electron chi connectivity index (χ1n) is 9.20. The van der Waals surface area contributed by atoms with Gasteiger partial charge in [-0.25, -0.2) is 13.4 Å². The van der Waals surface area contributed by atoms with Crippen LogP contribution in [0.25, 0.3) is 0 Å². The van der Waals surface area contributed by atoms with Crippen molar-refractivity contribution in [2.75, 3.05) is 18.4 Å². The minimum atomic E-state index is -3.52. The lowest BCUT2D eigenvalue weighted by atomic mass is 9.97. The van der Waals surface area contributed by atoms with Gasteiger partial charge >= 0.3 is 0 Å². The van der Waals surface area contributed by atoms with E-state index >= 15 is 0 Å². The van der Waals surface area contributed by atoms with Gasteiger partial charge in [-0.05, 0) is 48.6 Å². The van der Waals surface area contributed by atoms with Crippen LogP contribution in [0.2, 0.25) is 0 Å². The number of rotatable bonds is 5. The topological polar surface area (TPSA) is 79.4 Å². The van der Waals surface area contributed by atoms with Crippen molar-refractivity contribution in [3.05, 3.63) is 54.2 Å². The number of nitrogens with one attached hydrogen (secondary N) is 1. The molecule has 1 N–H and O–H groups in total. The van der Waals surface area contributed by atoms with E-state index in [4.69, 9.17) is 0 Å². The molecule has 7 heteroatoms. The average Bonchev–Trinajstić information content (AvgIpc) is 2.69. The van der Waals surface area contributed by atoms with Crippen LogP contribution in [0.1, 0.15) is 38.2 Å². The Labute approximate surface area is 160 Å². The van der Waals surface area contributed by atoms with Crippen LogP contribution in [0.15, 0.2) is 53.6 Å². The summed E-state index contributed by atoms with van der Waals surface area (Å²) in [4.78, 5) is 16.8. The Hall–Kier alpha value is -2.25. The van der Waals surface area contributed by atoms with E-state index in [9.17, 15) is 13.2 Å². The highest BCUT2D eigenvalue weighted by Gasteiger charge is 2.32. The maximum absolute atomic E-state index is 12.9. The van der Waals surface area contributed by atoms with Gasteiger partial charge < -0.3 is 5.32 Å². The molecule has 1 aliphatic heterocycles. The summed E-state index contributed by atoms with van der Waals surface area (Å²) in [6.07, 6.45) is 2.62. The molecule has 1 aliphatic rings. The molecule has 6 nitrogen and oxygen atoms in total. The van der Waals surface area contributed by atoms with Crippen molar-refractivity contribution in [3.8, 4) is 0 Å². The number of anilines is 1. The van der Waals surface area contributed by atoms with E-state index < -0.39 is 10.0 Å². The second kappa shape index (κ2) is 8.19. The highest BCUT2D eigenvalue weighted by atomic mass is 32.2. The van der Waals surface area contributed by atoms with Gasteiger partial charge in [0, 0.05) is 25.2 Å². The van der Waals surface area contributed by atoms with Gasteiger partial charge in [-0.2, -0.15) is 4.31 Å². The quantitative estimate of drug-likeness (QED) is 0.854. The summed E-state index contributed by atoms with van der Waals surface area (Å²) in [6, 6.07) is 12.4. The van der Waals surface area contributed by atoms with E-state index in [0.29, 0.717) is 42.6 Å². The van der Waals surface area contributed by atoms with Crippen molar-refractivity contribution in [1.29, 1.82) is 0 Å². The fourth-order valence-corrected chi connectivity index (χ4v) is 4.67. The number of benzene rings is 1. The number of sulfonamides is 1. The molecule has 27 heavy (non-hydrogen) atoms. The van der Waals surface area contributed by atoms with E-state index in [-0.39, 0.29) is 11.8 Å². The predicted octanol–water partition coefficient (Wildman–Crippen LogP) is 3.24. The molecule has 1 aromatic heterocycles. The molecule has 0 aliphatic carbocycles. The zero-order chi connectivity index (χ0) is 19.4. The normalized spacial score (nSPS) is 16.4. The third-order valence-electron chi connectivity index (χ3n) is 4.93. The Morgan fingerprint density at radius 2 is 1.78 bits per heavy atom. The fourth-order valence-electron chi connectivity index (χ4n) is 3.20. The molecule has 0 atom stereocenters. The zero-order valence-corrected chi connectivity index (χ0v) is 16.4. The number of carbonyl (C=O) groups excluding carboxylic acids is 1. The molecule has 3 rings (SSSR count). The van der Waals surface area contributed by atoms with E-state index in [2.05, 4.69) is 24.1 Å². The Bertz CT molecular complexity index is 872. The van der Waals surface area contributed by atoms with Crippen LogP contribution in [0.4, 0.5) is 5.82 Å². The van der Waals surface area contributed by atoms with Crippen LogP contribution in [0, 0.1) is 5.92 Å². The summed E-state index contributed by atoms with van der Waals surface area (Å²) < 4.78 is 27.2. The van der Waals surface area contributed by atoms with Gasteiger partial charge in [0.25, 0.3) is 0 Å². The van der Waals surface area contributed by atoms with Gasteiger partial charge in [-0.15, -0.1) is 0 Å². The molecule has 1 aromatic carbocycles. The molecule has 0 bridgehead atoms. The summed E-state index contributed by atoms with van der Waals surface area (Å²) in [5.74, 6) is 0.562. The van der Waals surface area contributed by atoms with Crippen molar-refractivity contribution >= 4 is 21.7 Å². The minimum Gasteiger partial charge on any atom is -0.310 e. The highest BCUT2D eigenvalue weighted by Crippen LogP contribution is 2.26. The molecule has 1 fully saturated rings. The van der Waals surface area contributed by atoms with Gasteiger partial charge in [-0.1, -0.05) is 32.0 Å². The summed E-state index contributed by atoms with van der Waals surface area (Å²) >= 11 is 0. The molecule has 1 amide bonds. The van der Waals surface area contributed by atoms with Crippen molar-refractivity contribution in [1.82, 2.24) is 9.29 Å². The summed E-state index contributed by atoms with van der Waals surface area (Å²) in [6.45, 7) is 4.83. The third kappa shape index (κ3) is 4.54. The maximum atomic E-state index is 12.9. The monoisotopic (exact) mass is 387 g/mol. The van der Waals surface area contributed by atoms with Gasteiger partial charge in [0.2, 0.25) is 15.9 Å². The molecule has 0 saturated carbocycles. The van der Waals surface area contributed by atoms with Gasteiger partial charge in [0.1, 0.15) is 5.82 Å². The van der Waals surface area contributed by atoms with Crippen LogP contribution in [0.3, 0.4) is 0 Å². The third-order valence-corrected chi connectivity index (χ3v) is 6.84. The molecular weight excluding hydrogens is 362 g/mol. The Kier molecular flexibility index (Phi) is 5.92. The Morgan fingerprint density at radius 1 is 1.11 bits per heavy atom. The SMILES string of the molecule is CC(C)c1ccc(S(=O)(=O)N2CCC(C(=O)Nc3ccccn3)CC2)cc1. The van der Waals surface area contributed by atoms with Crippen molar-refractivity contribution < 1.29 is 13.2 Å². The minimum absolute atomic E-state index is 0.105. The fraction of sp³-hybridized carbons (Fsp3) is 0.400. The highest BCUT2D eigenvalue weighted by molar-refractivity contribution is 7.89. The lowest BCUT2D eigenvalue weighted by Gasteiger charge is -2.30. The van der Waals surface area contributed by atoms with Gasteiger partial charge in [-0.3, -0.25) is 4.79 Å². The molecule has 144 valence electrons. The van der Waals surface area contributed by atoms with Crippen LogP contribution in [-0.4, -0.2) is 36.7 Å². The number of nitrogens with zero attached hydrogens (tertiary/aromatic N) is 2. The summed E-state index contributed by atoms with van der Waals surface area (Å²) in [7, 11) is -3.52. The van der Waals surface area contributed by atoms with Crippen LogP contribution >= 0.6 is 0 Å². The van der Waals surface area contributed by atoms with Crippen molar-refractivity contribution in [3.63, 3.8) is 0 Å². The lowest BCUT2D eigenvalue weighted by molar-refractivity contribution is -0.120. The molecule has 0 radical (unpaired) electrons. The number of amides is 1. The van der Waals surface area contributed by atoms with E-state index in [1.165, 1.54) is 4.31 Å². The van der Waals surface area contributed by atoms with Crippen molar-refractivity contribution in [2.45, 2.75) is 37.5 Å². The van der Waals surface area contributed by atoms with Gasteiger partial charge in [0.15, 0.2) is 0 Å². The number of carbonyl (C=O) groups is 1. The number of piperidine rings is 1. The first-order chi connectivity index (χ1) is 12.9. The second-order valence-corrected chi connectivity index (χ2v) is 9.04. The smallest absolute Gasteiger partial charge is 0.243 e. The van der Waals surface area contributed by atoms with Crippen LogP contribution in [0.5, 0.6) is 0 Å². The molecule has 0 unspecified atom stereocenters. The molecule has 2 aromatic rings. The zero-order valence-electron chi connectivity index (χ0n) is 15.6. The maximum Gasteiger partial charge on any atom is 0.243 e.